The van der Waals surface area contributed by atoms with Crippen LogP contribution in [-0.4, -0.2) is 35.6 Å². The van der Waals surface area contributed by atoms with Gasteiger partial charge in [-0.1, -0.05) is 18.9 Å². The normalized spacial score (nSPS) is 14.1. The smallest absolute Gasteiger partial charge is 0.408 e. The van der Waals surface area contributed by atoms with Crippen molar-refractivity contribution in [2.75, 3.05) is 0 Å². The van der Waals surface area contributed by atoms with Crippen molar-refractivity contribution < 1.29 is 22.4 Å². The molecule has 1 N–H and O–H groups in total. The average Bonchev–Trinajstić information content (AvgIpc) is 2.82. The standard InChI is InChI=1S/C14H25N3O5S/c1-8(2)10(15-12(18)22-14(5,6)7)11-16-17-13(21-11)23(19,20)9(3)4/h8-10H,1-7H3,(H,15,18). The van der Waals surface area contributed by atoms with Crippen molar-refractivity contribution in [3.8, 4) is 0 Å². The van der Waals surface area contributed by atoms with Crippen LogP contribution in [-0.2, 0) is 14.6 Å². The largest absolute Gasteiger partial charge is 0.444 e. The number of rotatable bonds is 5. The quantitative estimate of drug-likeness (QED) is 0.870. The van der Waals surface area contributed by atoms with Gasteiger partial charge in [0.1, 0.15) is 11.6 Å². The Morgan fingerprint density at radius 3 is 2.17 bits per heavy atom. The number of hydrogen-bond donors (Lipinski definition) is 1. The van der Waals surface area contributed by atoms with Crippen LogP contribution < -0.4 is 5.32 Å². The van der Waals surface area contributed by atoms with Crippen LogP contribution in [0.4, 0.5) is 4.79 Å². The minimum atomic E-state index is -3.66. The van der Waals surface area contributed by atoms with Crippen molar-refractivity contribution in [1.29, 1.82) is 0 Å². The molecule has 0 aliphatic heterocycles. The maximum absolute atomic E-state index is 12.0. The Morgan fingerprint density at radius 2 is 1.74 bits per heavy atom. The van der Waals surface area contributed by atoms with E-state index in [0.717, 1.165) is 0 Å². The van der Waals surface area contributed by atoms with Gasteiger partial charge >= 0.3 is 11.3 Å². The summed E-state index contributed by atoms with van der Waals surface area (Å²) in [6, 6.07) is -0.645. The zero-order chi connectivity index (χ0) is 18.0. The molecule has 132 valence electrons. The summed E-state index contributed by atoms with van der Waals surface area (Å²) in [5.41, 5.74) is -0.646. The second kappa shape index (κ2) is 6.86. The van der Waals surface area contributed by atoms with Gasteiger partial charge in [0.2, 0.25) is 15.7 Å². The molecule has 0 fully saturated rings. The molecule has 1 rings (SSSR count). The molecule has 0 aliphatic carbocycles. The average molecular weight is 347 g/mol. The lowest BCUT2D eigenvalue weighted by Gasteiger charge is -2.23. The predicted molar refractivity (Wildman–Crippen MR) is 83.6 cm³/mol. The number of nitrogens with zero attached hydrogens (tertiary/aromatic N) is 2. The molecule has 9 heteroatoms. The van der Waals surface area contributed by atoms with Gasteiger partial charge in [-0.05, 0) is 40.5 Å². The lowest BCUT2D eigenvalue weighted by Crippen LogP contribution is -2.37. The highest BCUT2D eigenvalue weighted by Gasteiger charge is 2.31. The Morgan fingerprint density at radius 1 is 1.17 bits per heavy atom. The Kier molecular flexibility index (Phi) is 5.79. The van der Waals surface area contributed by atoms with E-state index in [1.165, 1.54) is 13.8 Å². The van der Waals surface area contributed by atoms with Crippen molar-refractivity contribution in [3.05, 3.63) is 5.89 Å². The van der Waals surface area contributed by atoms with Gasteiger partial charge in [-0.3, -0.25) is 0 Å². The van der Waals surface area contributed by atoms with Crippen LogP contribution >= 0.6 is 0 Å². The summed E-state index contributed by atoms with van der Waals surface area (Å²) in [6.45, 7) is 12.0. The molecular formula is C14H25N3O5S. The molecule has 1 unspecified atom stereocenters. The van der Waals surface area contributed by atoms with Gasteiger partial charge in [0.25, 0.3) is 0 Å². The van der Waals surface area contributed by atoms with Gasteiger partial charge in [0.15, 0.2) is 0 Å². The molecular weight excluding hydrogens is 322 g/mol. The van der Waals surface area contributed by atoms with Crippen LogP contribution in [0.5, 0.6) is 0 Å². The SMILES string of the molecule is CC(C)C(NC(=O)OC(C)(C)C)c1nnc(S(=O)(=O)C(C)C)o1. The number of carbonyl (C=O) groups is 1. The van der Waals surface area contributed by atoms with Crippen LogP contribution in [0.2, 0.25) is 0 Å². The zero-order valence-electron chi connectivity index (χ0n) is 14.6. The third kappa shape index (κ3) is 5.19. The maximum atomic E-state index is 12.0. The monoisotopic (exact) mass is 347 g/mol. The van der Waals surface area contributed by atoms with Gasteiger partial charge < -0.3 is 14.5 Å². The molecule has 0 spiro atoms. The number of ether oxygens (including phenoxy) is 1. The minimum Gasteiger partial charge on any atom is -0.444 e. The number of aromatic nitrogens is 2. The third-order valence-corrected chi connectivity index (χ3v) is 4.78. The molecule has 1 aromatic rings. The van der Waals surface area contributed by atoms with E-state index >= 15 is 0 Å². The molecule has 0 saturated heterocycles. The minimum absolute atomic E-state index is 0.0325. The molecule has 1 atom stereocenters. The van der Waals surface area contributed by atoms with Crippen molar-refractivity contribution in [2.24, 2.45) is 5.92 Å². The first-order valence-electron chi connectivity index (χ1n) is 7.41. The summed E-state index contributed by atoms with van der Waals surface area (Å²) in [7, 11) is -3.66. The van der Waals surface area contributed by atoms with Gasteiger partial charge in [-0.2, -0.15) is 0 Å². The van der Waals surface area contributed by atoms with Gasteiger partial charge in [0.05, 0.1) is 5.25 Å². The summed E-state index contributed by atoms with van der Waals surface area (Å²) in [4.78, 5) is 11.9. The van der Waals surface area contributed by atoms with Gasteiger partial charge in [-0.25, -0.2) is 13.2 Å². The fourth-order valence-corrected chi connectivity index (χ4v) is 2.37. The number of carbonyl (C=O) groups excluding carboxylic acids is 1. The summed E-state index contributed by atoms with van der Waals surface area (Å²) < 4.78 is 34.6. The first-order valence-corrected chi connectivity index (χ1v) is 8.96. The van der Waals surface area contributed by atoms with E-state index in [-0.39, 0.29) is 11.8 Å². The van der Waals surface area contributed by atoms with Crippen LogP contribution in [0.25, 0.3) is 0 Å². The van der Waals surface area contributed by atoms with E-state index in [1.807, 2.05) is 13.8 Å². The van der Waals surface area contributed by atoms with Gasteiger partial charge in [0, 0.05) is 0 Å². The van der Waals surface area contributed by atoms with Crippen LogP contribution in [0.3, 0.4) is 0 Å². The first kappa shape index (κ1) is 19.4. The van der Waals surface area contributed by atoms with Crippen LogP contribution in [0.15, 0.2) is 9.64 Å². The predicted octanol–water partition coefficient (Wildman–Crippen LogP) is 2.47. The molecule has 0 bridgehead atoms. The molecule has 1 aromatic heterocycles. The molecule has 1 amide bonds. The summed E-state index contributed by atoms with van der Waals surface area (Å²) >= 11 is 0. The maximum Gasteiger partial charge on any atom is 0.408 e. The highest BCUT2D eigenvalue weighted by Crippen LogP contribution is 2.24. The first-order chi connectivity index (χ1) is 10.3. The molecule has 0 aliphatic rings. The molecule has 8 nitrogen and oxygen atoms in total. The highest BCUT2D eigenvalue weighted by molar-refractivity contribution is 7.91. The number of amides is 1. The summed E-state index contributed by atoms with van der Waals surface area (Å²) in [6.07, 6.45) is -0.636. The van der Waals surface area contributed by atoms with Crippen LogP contribution in [0.1, 0.15) is 60.4 Å². The number of alkyl carbamates (subject to hydrolysis) is 1. The summed E-state index contributed by atoms with van der Waals surface area (Å²) in [5.74, 6) is -0.0670. The Bertz CT molecular complexity index is 644. The van der Waals surface area contributed by atoms with Crippen molar-refractivity contribution in [3.63, 3.8) is 0 Å². The summed E-state index contributed by atoms with van der Waals surface area (Å²) in [5, 5.41) is 8.88. The Hall–Kier alpha value is -1.64. The van der Waals surface area contributed by atoms with E-state index in [9.17, 15) is 13.2 Å². The lowest BCUT2D eigenvalue weighted by molar-refractivity contribution is 0.0477. The zero-order valence-corrected chi connectivity index (χ0v) is 15.4. The second-order valence-electron chi connectivity index (χ2n) is 6.87. The van der Waals surface area contributed by atoms with Crippen LogP contribution in [0, 0.1) is 5.92 Å². The second-order valence-corrected chi connectivity index (χ2v) is 9.25. The fraction of sp³-hybridized carbons (Fsp3) is 0.786. The highest BCUT2D eigenvalue weighted by atomic mass is 32.2. The third-order valence-electron chi connectivity index (χ3n) is 2.89. The number of hydrogen-bond acceptors (Lipinski definition) is 7. The lowest BCUT2D eigenvalue weighted by atomic mass is 10.1. The van der Waals surface area contributed by atoms with E-state index in [2.05, 4.69) is 15.5 Å². The number of nitrogens with one attached hydrogen (secondary N) is 1. The topological polar surface area (TPSA) is 111 Å². The Labute approximate surface area is 136 Å². The van der Waals surface area contributed by atoms with Crippen molar-refractivity contribution >= 4 is 15.9 Å². The van der Waals surface area contributed by atoms with E-state index in [0.29, 0.717) is 0 Å². The molecule has 0 radical (unpaired) electrons. The fourth-order valence-electron chi connectivity index (χ4n) is 1.61. The van der Waals surface area contributed by atoms with Gasteiger partial charge in [-0.15, -0.1) is 5.10 Å². The Balaban J connectivity index is 3.01. The van der Waals surface area contributed by atoms with Crippen molar-refractivity contribution in [1.82, 2.24) is 15.5 Å². The van der Waals surface area contributed by atoms with E-state index < -0.39 is 38.0 Å². The molecule has 0 aromatic carbocycles. The van der Waals surface area contributed by atoms with E-state index in [1.54, 1.807) is 20.8 Å². The number of sulfone groups is 1. The molecule has 0 saturated carbocycles. The molecule has 1 heterocycles. The van der Waals surface area contributed by atoms with Crippen molar-refractivity contribution in [2.45, 2.75) is 70.6 Å². The van der Waals surface area contributed by atoms with E-state index in [4.69, 9.17) is 9.15 Å². The molecule has 23 heavy (non-hydrogen) atoms.